The van der Waals surface area contributed by atoms with Gasteiger partial charge in [-0.05, 0) is 43.0 Å². The monoisotopic (exact) mass is 464 g/mol. The van der Waals surface area contributed by atoms with Crippen molar-refractivity contribution >= 4 is 15.9 Å². The Balaban J connectivity index is 1.32. The zero-order chi connectivity index (χ0) is 23.0. The van der Waals surface area contributed by atoms with Gasteiger partial charge in [0.25, 0.3) is 5.91 Å². The first-order valence-corrected chi connectivity index (χ1v) is 12.9. The quantitative estimate of drug-likeness (QED) is 0.589. The second-order valence-corrected chi connectivity index (χ2v) is 10.8. The molecule has 8 heteroatoms. The van der Waals surface area contributed by atoms with Crippen molar-refractivity contribution in [3.63, 3.8) is 0 Å². The number of amides is 1. The van der Waals surface area contributed by atoms with E-state index in [4.69, 9.17) is 0 Å². The molecule has 0 bridgehead atoms. The minimum absolute atomic E-state index is 0.0295. The predicted molar refractivity (Wildman–Crippen MR) is 126 cm³/mol. The minimum atomic E-state index is -3.48. The Kier molecular flexibility index (Phi) is 5.80. The predicted octanol–water partition coefficient (Wildman–Crippen LogP) is 3.77. The number of hydrogen-bond acceptors (Lipinski definition) is 4. The molecule has 0 saturated carbocycles. The van der Waals surface area contributed by atoms with E-state index in [0.717, 1.165) is 29.9 Å². The summed E-state index contributed by atoms with van der Waals surface area (Å²) < 4.78 is 30.6. The smallest absolute Gasteiger partial charge is 0.254 e. The minimum Gasteiger partial charge on any atom is -0.332 e. The van der Waals surface area contributed by atoms with Gasteiger partial charge in [0.15, 0.2) is 0 Å². The lowest BCUT2D eigenvalue weighted by Gasteiger charge is -2.36. The third-order valence-electron chi connectivity index (χ3n) is 6.81. The first kappa shape index (κ1) is 21.9. The first-order valence-electron chi connectivity index (χ1n) is 11.4. The zero-order valence-electron chi connectivity index (χ0n) is 18.7. The van der Waals surface area contributed by atoms with Crippen LogP contribution >= 0.6 is 0 Å². The number of rotatable bonds is 4. The van der Waals surface area contributed by atoms with Gasteiger partial charge in [0.05, 0.1) is 6.54 Å². The number of benzene rings is 2. The van der Waals surface area contributed by atoms with Crippen molar-refractivity contribution in [2.45, 2.75) is 44.1 Å². The van der Waals surface area contributed by atoms with Crippen LogP contribution in [0.25, 0.3) is 0 Å². The van der Waals surface area contributed by atoms with Crippen molar-refractivity contribution in [2.75, 3.05) is 13.1 Å². The van der Waals surface area contributed by atoms with Gasteiger partial charge in [-0.2, -0.15) is 4.31 Å². The van der Waals surface area contributed by atoms with Crippen LogP contribution in [0.5, 0.6) is 0 Å². The van der Waals surface area contributed by atoms with Crippen LogP contribution in [-0.2, 0) is 23.1 Å². The number of carbonyl (C=O) groups excluding carboxylic acids is 1. The molecule has 1 aromatic heterocycles. The topological polar surface area (TPSA) is 75.5 Å². The Bertz CT molecular complexity index is 1240. The van der Waals surface area contributed by atoms with Crippen molar-refractivity contribution in [3.05, 3.63) is 89.5 Å². The lowest BCUT2D eigenvalue weighted by atomic mass is 10.0. The molecule has 3 heterocycles. The molecule has 1 amide bonds. The molecule has 0 spiro atoms. The van der Waals surface area contributed by atoms with Crippen LogP contribution in [0.1, 0.15) is 58.4 Å². The molecule has 0 N–H and O–H groups in total. The van der Waals surface area contributed by atoms with Gasteiger partial charge in [0, 0.05) is 43.6 Å². The molecule has 1 fully saturated rings. The van der Waals surface area contributed by atoms with Crippen molar-refractivity contribution in [2.24, 2.45) is 0 Å². The highest BCUT2D eigenvalue weighted by atomic mass is 32.2. The van der Waals surface area contributed by atoms with Crippen molar-refractivity contribution in [1.82, 2.24) is 18.8 Å². The van der Waals surface area contributed by atoms with Gasteiger partial charge in [0.2, 0.25) is 10.0 Å². The van der Waals surface area contributed by atoms with E-state index in [2.05, 4.69) is 9.55 Å². The summed E-state index contributed by atoms with van der Waals surface area (Å²) in [6, 6.07) is 16.5. The number of sulfonamides is 1. The molecular formula is C25H28N4O3S. The van der Waals surface area contributed by atoms with Gasteiger partial charge < -0.3 is 9.47 Å². The van der Waals surface area contributed by atoms with Crippen LogP contribution in [0.2, 0.25) is 0 Å². The van der Waals surface area contributed by atoms with Crippen LogP contribution in [0.15, 0.2) is 67.0 Å². The van der Waals surface area contributed by atoms with Gasteiger partial charge >= 0.3 is 0 Å². The second-order valence-electron chi connectivity index (χ2n) is 8.76. The zero-order valence-corrected chi connectivity index (χ0v) is 19.5. The van der Waals surface area contributed by atoms with E-state index < -0.39 is 15.3 Å². The molecule has 33 heavy (non-hydrogen) atoms. The summed E-state index contributed by atoms with van der Waals surface area (Å²) in [4.78, 5) is 19.1. The number of hydrogen-bond donors (Lipinski definition) is 0. The Morgan fingerprint density at radius 2 is 1.79 bits per heavy atom. The molecule has 2 aliphatic heterocycles. The van der Waals surface area contributed by atoms with E-state index in [1.807, 2.05) is 55.6 Å². The third-order valence-corrected chi connectivity index (χ3v) is 9.19. The van der Waals surface area contributed by atoms with Crippen molar-refractivity contribution in [3.8, 4) is 0 Å². The number of carbonyl (C=O) groups is 1. The lowest BCUT2D eigenvalue weighted by molar-refractivity contribution is 0.0707. The second kappa shape index (κ2) is 8.76. The standard InChI is InChI=1S/C25H28N4O3S/c1-19(29-14-5-8-23(33(29,31)32)21-6-3-2-4-7-21)20-9-11-22(12-10-20)25(30)28-17-16-27-15-13-26-24(27)18-28/h2-4,6-7,9-13,15,19,23H,5,8,14,16-18H2,1H3. The Morgan fingerprint density at radius 3 is 2.55 bits per heavy atom. The SMILES string of the molecule is CC(c1ccc(C(=O)N2CCn3ccnc3C2)cc1)N1CCCC(c2ccccc2)S1(=O)=O. The molecule has 2 unspecified atom stereocenters. The van der Waals surface area contributed by atoms with Crippen molar-refractivity contribution in [1.29, 1.82) is 0 Å². The van der Waals surface area contributed by atoms with Crippen LogP contribution < -0.4 is 0 Å². The maximum Gasteiger partial charge on any atom is 0.254 e. The molecule has 0 aliphatic carbocycles. The Morgan fingerprint density at radius 1 is 1.03 bits per heavy atom. The summed E-state index contributed by atoms with van der Waals surface area (Å²) in [5, 5.41) is -0.512. The van der Waals surface area contributed by atoms with Crippen molar-refractivity contribution < 1.29 is 13.2 Å². The van der Waals surface area contributed by atoms with E-state index in [9.17, 15) is 13.2 Å². The fourth-order valence-electron chi connectivity index (χ4n) is 4.89. The first-order chi connectivity index (χ1) is 15.9. The summed E-state index contributed by atoms with van der Waals surface area (Å²) in [5.74, 6) is 0.862. The third kappa shape index (κ3) is 4.09. The largest absolute Gasteiger partial charge is 0.332 e. The molecule has 172 valence electrons. The molecule has 2 atom stereocenters. The van der Waals surface area contributed by atoms with E-state index in [1.54, 1.807) is 27.5 Å². The maximum absolute atomic E-state index is 13.4. The number of fused-ring (bicyclic) bond motifs is 1. The molecule has 5 rings (SSSR count). The fourth-order valence-corrected chi connectivity index (χ4v) is 7.13. The maximum atomic E-state index is 13.4. The lowest BCUT2D eigenvalue weighted by Crippen LogP contribution is -2.41. The van der Waals surface area contributed by atoms with E-state index >= 15 is 0 Å². The molecule has 1 saturated heterocycles. The number of imidazole rings is 1. The van der Waals surface area contributed by atoms with Gasteiger partial charge in [-0.15, -0.1) is 0 Å². The van der Waals surface area contributed by atoms with Gasteiger partial charge in [0.1, 0.15) is 11.1 Å². The normalized spacial score (nSPS) is 21.4. The van der Waals surface area contributed by atoms with Crippen LogP contribution in [0, 0.1) is 0 Å². The van der Waals surface area contributed by atoms with E-state index in [0.29, 0.717) is 31.6 Å². The molecule has 2 aliphatic rings. The van der Waals surface area contributed by atoms with Gasteiger partial charge in [-0.1, -0.05) is 42.5 Å². The Labute approximate surface area is 194 Å². The summed E-state index contributed by atoms with van der Waals surface area (Å²) >= 11 is 0. The highest BCUT2D eigenvalue weighted by Crippen LogP contribution is 2.38. The summed E-state index contributed by atoms with van der Waals surface area (Å²) in [7, 11) is -3.48. The fraction of sp³-hybridized carbons (Fsp3) is 0.360. The average molecular weight is 465 g/mol. The van der Waals surface area contributed by atoms with Crippen LogP contribution in [0.4, 0.5) is 0 Å². The molecular weight excluding hydrogens is 436 g/mol. The number of nitrogens with zero attached hydrogens (tertiary/aromatic N) is 4. The Hall–Kier alpha value is -2.97. The van der Waals surface area contributed by atoms with Gasteiger partial charge in [-0.3, -0.25) is 4.79 Å². The molecule has 7 nitrogen and oxygen atoms in total. The average Bonchev–Trinajstić information content (AvgIpc) is 3.31. The highest BCUT2D eigenvalue weighted by Gasteiger charge is 2.39. The van der Waals surface area contributed by atoms with Crippen LogP contribution in [-0.4, -0.2) is 46.2 Å². The molecule has 3 aromatic rings. The van der Waals surface area contributed by atoms with E-state index in [1.165, 1.54) is 0 Å². The summed E-state index contributed by atoms with van der Waals surface area (Å²) in [5.41, 5.74) is 2.34. The van der Waals surface area contributed by atoms with E-state index in [-0.39, 0.29) is 11.9 Å². The summed E-state index contributed by atoms with van der Waals surface area (Å²) in [6.07, 6.45) is 5.16. The van der Waals surface area contributed by atoms with Crippen LogP contribution in [0.3, 0.4) is 0 Å². The highest BCUT2D eigenvalue weighted by molar-refractivity contribution is 7.89. The molecule has 2 aromatic carbocycles. The van der Waals surface area contributed by atoms with Gasteiger partial charge in [-0.25, -0.2) is 13.4 Å². The number of aromatic nitrogens is 2. The molecule has 0 radical (unpaired) electrons. The summed E-state index contributed by atoms with van der Waals surface area (Å²) in [6.45, 7) is 4.32.